The van der Waals surface area contributed by atoms with Gasteiger partial charge < -0.3 is 33.3 Å². The van der Waals surface area contributed by atoms with Crippen LogP contribution in [0.3, 0.4) is 0 Å². The molecule has 0 saturated carbocycles. The Balaban J connectivity index is 4.02. The summed E-state index contributed by atoms with van der Waals surface area (Å²) in [4.78, 5) is 37.4. The van der Waals surface area contributed by atoms with Gasteiger partial charge in [0, 0.05) is 12.8 Å². The van der Waals surface area contributed by atoms with Crippen LogP contribution < -0.4 is 5.11 Å². The van der Waals surface area contributed by atoms with E-state index in [1.54, 1.807) is 0 Å². The van der Waals surface area contributed by atoms with Crippen molar-refractivity contribution in [3.8, 4) is 0 Å². The van der Waals surface area contributed by atoms with Crippen molar-refractivity contribution in [2.24, 2.45) is 0 Å². The van der Waals surface area contributed by atoms with Gasteiger partial charge in [0.05, 0.1) is 40.3 Å². The highest BCUT2D eigenvalue weighted by atomic mass is 16.7. The standard InChI is InChI=1S/C68H127NO8/c1-6-8-10-12-14-16-18-20-22-24-25-26-27-28-29-30-31-32-33-34-35-36-37-38-39-40-41-43-45-47-49-51-53-55-57-59-66(71)77-64(63-76-68(67(72)73)74-61-60-69(3,4)5)62-75-65(70)58-56-54-52-50-48-46-44-42-23-21-19-17-15-13-11-9-7-2/h18,20-21,23-25,64,68H,6-17,19,22,26-63H2,1-5H3/b20-18-,23-21-,25-24-. The molecule has 0 rings (SSSR count). The van der Waals surface area contributed by atoms with Gasteiger partial charge in [-0.25, -0.2) is 0 Å². The lowest BCUT2D eigenvalue weighted by molar-refractivity contribution is -0.870. The molecule has 0 N–H and O–H groups in total. The van der Waals surface area contributed by atoms with Gasteiger partial charge in [-0.1, -0.05) is 275 Å². The maximum atomic E-state index is 12.9. The number of aliphatic carboxylic acids is 1. The van der Waals surface area contributed by atoms with Gasteiger partial charge in [0.1, 0.15) is 13.2 Å². The van der Waals surface area contributed by atoms with Crippen LogP contribution in [0.5, 0.6) is 0 Å². The van der Waals surface area contributed by atoms with Crippen molar-refractivity contribution in [1.29, 1.82) is 0 Å². The Morgan fingerprint density at radius 2 is 0.701 bits per heavy atom. The minimum absolute atomic E-state index is 0.149. The Kier molecular flexibility index (Phi) is 57.7. The predicted octanol–water partition coefficient (Wildman–Crippen LogP) is 18.7. The molecule has 0 aliphatic carbocycles. The summed E-state index contributed by atoms with van der Waals surface area (Å²) in [6, 6.07) is 0. The third kappa shape index (κ3) is 61.0. The highest BCUT2D eigenvalue weighted by Gasteiger charge is 2.22. The molecule has 0 aliphatic heterocycles. The normalized spacial score (nSPS) is 12.9. The smallest absolute Gasteiger partial charge is 0.306 e. The molecule has 0 saturated heterocycles. The summed E-state index contributed by atoms with van der Waals surface area (Å²) in [6.07, 6.45) is 70.8. The number of ether oxygens (including phenoxy) is 4. The van der Waals surface area contributed by atoms with Crippen LogP contribution in [0.4, 0.5) is 0 Å². The third-order valence-electron chi connectivity index (χ3n) is 14.9. The second-order valence-corrected chi connectivity index (χ2v) is 23.8. The van der Waals surface area contributed by atoms with E-state index in [0.717, 1.165) is 44.9 Å². The molecule has 9 heteroatoms. The van der Waals surface area contributed by atoms with Crippen LogP contribution >= 0.6 is 0 Å². The molecule has 0 fully saturated rings. The second-order valence-electron chi connectivity index (χ2n) is 23.8. The average molecular weight is 1090 g/mol. The Morgan fingerprint density at radius 1 is 0.390 bits per heavy atom. The second kappa shape index (κ2) is 59.6. The fourth-order valence-corrected chi connectivity index (χ4v) is 9.74. The molecular weight excluding hydrogens is 959 g/mol. The zero-order valence-electron chi connectivity index (χ0n) is 51.6. The number of hydrogen-bond acceptors (Lipinski definition) is 8. The van der Waals surface area contributed by atoms with Crippen molar-refractivity contribution < 1.29 is 42.9 Å². The van der Waals surface area contributed by atoms with E-state index in [-0.39, 0.29) is 32.2 Å². The lowest BCUT2D eigenvalue weighted by Crippen LogP contribution is -2.44. The Bertz CT molecular complexity index is 1360. The van der Waals surface area contributed by atoms with Crippen LogP contribution in [0.25, 0.3) is 0 Å². The minimum atomic E-state index is -1.62. The van der Waals surface area contributed by atoms with Gasteiger partial charge in [-0.3, -0.25) is 9.59 Å². The van der Waals surface area contributed by atoms with Gasteiger partial charge in [-0.05, 0) is 70.6 Å². The zero-order valence-corrected chi connectivity index (χ0v) is 51.6. The quantitative estimate of drug-likeness (QED) is 0.0195. The number of quaternary nitrogens is 1. The molecule has 0 aromatic carbocycles. The van der Waals surface area contributed by atoms with Crippen molar-refractivity contribution in [3.63, 3.8) is 0 Å². The number of unbranched alkanes of at least 4 members (excludes halogenated alkanes) is 41. The maximum Gasteiger partial charge on any atom is 0.306 e. The number of esters is 2. The van der Waals surface area contributed by atoms with Crippen molar-refractivity contribution in [2.45, 2.75) is 334 Å². The number of rotatable bonds is 62. The fraction of sp³-hybridized carbons (Fsp3) is 0.868. The van der Waals surface area contributed by atoms with Gasteiger partial charge in [0.25, 0.3) is 0 Å². The topological polar surface area (TPSA) is 111 Å². The molecule has 0 spiro atoms. The number of allylic oxidation sites excluding steroid dienone is 6. The predicted molar refractivity (Wildman–Crippen MR) is 325 cm³/mol. The molecule has 2 atom stereocenters. The maximum absolute atomic E-state index is 12.9. The first-order valence-electron chi connectivity index (χ1n) is 33.1. The number of carbonyl (C=O) groups excluding carboxylic acids is 3. The lowest BCUT2D eigenvalue weighted by atomic mass is 10.0. The lowest BCUT2D eigenvalue weighted by Gasteiger charge is -2.26. The summed E-state index contributed by atoms with van der Waals surface area (Å²) in [7, 11) is 5.93. The van der Waals surface area contributed by atoms with E-state index >= 15 is 0 Å². The number of carbonyl (C=O) groups is 3. The number of carboxylic acids is 1. The molecular formula is C68H127NO8. The first-order valence-corrected chi connectivity index (χ1v) is 33.1. The Labute approximate surface area is 477 Å². The highest BCUT2D eigenvalue weighted by molar-refractivity contribution is 5.70. The largest absolute Gasteiger partial charge is 0.545 e. The van der Waals surface area contributed by atoms with Crippen LogP contribution in [0.15, 0.2) is 36.5 Å². The summed E-state index contributed by atoms with van der Waals surface area (Å²) >= 11 is 0. The summed E-state index contributed by atoms with van der Waals surface area (Å²) < 4.78 is 22.8. The first kappa shape index (κ1) is 74.5. The summed E-state index contributed by atoms with van der Waals surface area (Å²) in [5.41, 5.74) is 0. The molecule has 2 unspecified atom stereocenters. The van der Waals surface area contributed by atoms with Crippen molar-refractivity contribution in [3.05, 3.63) is 36.5 Å². The van der Waals surface area contributed by atoms with Crippen LogP contribution in [0, 0.1) is 0 Å². The third-order valence-corrected chi connectivity index (χ3v) is 14.9. The van der Waals surface area contributed by atoms with E-state index < -0.39 is 24.3 Å². The monoisotopic (exact) mass is 1090 g/mol. The number of nitrogens with zero attached hydrogens (tertiary/aromatic N) is 1. The van der Waals surface area contributed by atoms with Crippen LogP contribution in [0.2, 0.25) is 0 Å². The molecule has 0 amide bonds. The summed E-state index contributed by atoms with van der Waals surface area (Å²) in [5.74, 6) is -2.27. The fourth-order valence-electron chi connectivity index (χ4n) is 9.74. The van der Waals surface area contributed by atoms with Gasteiger partial charge in [0.2, 0.25) is 0 Å². The van der Waals surface area contributed by atoms with E-state index in [1.165, 1.54) is 250 Å². The van der Waals surface area contributed by atoms with Crippen LogP contribution in [-0.4, -0.2) is 82.3 Å². The van der Waals surface area contributed by atoms with E-state index in [2.05, 4.69) is 50.3 Å². The van der Waals surface area contributed by atoms with E-state index in [4.69, 9.17) is 18.9 Å². The van der Waals surface area contributed by atoms with Crippen molar-refractivity contribution >= 4 is 17.9 Å². The minimum Gasteiger partial charge on any atom is -0.545 e. The zero-order chi connectivity index (χ0) is 56.2. The number of likely N-dealkylation sites (N-methyl/N-ethyl adjacent to an activating group) is 1. The summed E-state index contributed by atoms with van der Waals surface area (Å²) in [6.45, 7) is 4.78. The molecule has 0 bridgehead atoms. The molecule has 9 nitrogen and oxygen atoms in total. The van der Waals surface area contributed by atoms with Crippen molar-refractivity contribution in [2.75, 3.05) is 47.5 Å². The molecule has 0 aliphatic rings. The van der Waals surface area contributed by atoms with E-state index in [9.17, 15) is 19.5 Å². The van der Waals surface area contributed by atoms with E-state index in [1.807, 2.05) is 21.1 Å². The van der Waals surface area contributed by atoms with Gasteiger partial charge >= 0.3 is 11.9 Å². The molecule has 0 heterocycles. The molecule has 452 valence electrons. The molecule has 77 heavy (non-hydrogen) atoms. The number of carboxylic acid groups (broad SMARTS) is 1. The first-order chi connectivity index (χ1) is 37.6. The highest BCUT2D eigenvalue weighted by Crippen LogP contribution is 2.18. The SMILES string of the molecule is CCCCCCC/C=C\C/C=C\CCCCCCCCCCCCCCCCCCCCCCCCCC(=O)OC(COC(=O)CCCCCCCCC/C=C\CCCCCCCC)COC(OCC[N+](C)(C)C)C(=O)[O-]. The van der Waals surface area contributed by atoms with Crippen LogP contribution in [0.1, 0.15) is 322 Å². The Hall–Kier alpha value is -2.49. The summed E-state index contributed by atoms with van der Waals surface area (Å²) in [5, 5.41) is 11.8. The van der Waals surface area contributed by atoms with Gasteiger partial charge in [0.15, 0.2) is 12.4 Å². The molecule has 0 aromatic heterocycles. The van der Waals surface area contributed by atoms with E-state index in [0.29, 0.717) is 17.4 Å². The Morgan fingerprint density at radius 3 is 1.04 bits per heavy atom. The molecule has 0 aromatic rings. The van der Waals surface area contributed by atoms with Crippen LogP contribution in [-0.2, 0) is 33.3 Å². The van der Waals surface area contributed by atoms with Gasteiger partial charge in [-0.2, -0.15) is 0 Å². The number of hydrogen-bond donors (Lipinski definition) is 0. The average Bonchev–Trinajstić information content (AvgIpc) is 3.40. The van der Waals surface area contributed by atoms with Gasteiger partial charge in [-0.15, -0.1) is 0 Å². The van der Waals surface area contributed by atoms with Crippen molar-refractivity contribution in [1.82, 2.24) is 0 Å². The molecule has 0 radical (unpaired) electrons.